The molecule has 1 unspecified atom stereocenters. The zero-order chi connectivity index (χ0) is 18.8. The van der Waals surface area contributed by atoms with Gasteiger partial charge in [-0.15, -0.1) is 0 Å². The molecule has 0 aromatic carbocycles. The summed E-state index contributed by atoms with van der Waals surface area (Å²) in [7, 11) is 0. The summed E-state index contributed by atoms with van der Waals surface area (Å²) in [5.41, 5.74) is 6.89. The van der Waals surface area contributed by atoms with E-state index >= 15 is 0 Å². The Balaban J connectivity index is 1.48. The Morgan fingerprint density at radius 1 is 1.11 bits per heavy atom. The van der Waals surface area contributed by atoms with Gasteiger partial charge in [0.1, 0.15) is 0 Å². The number of hydrogen-bond acceptors (Lipinski definition) is 4. The molecule has 1 fully saturated rings. The van der Waals surface area contributed by atoms with E-state index in [4.69, 9.17) is 0 Å². The van der Waals surface area contributed by atoms with Gasteiger partial charge in [0.15, 0.2) is 0 Å². The molecule has 4 rings (SSSR count). The smallest absolute Gasteiger partial charge is 0.0890 e. The van der Waals surface area contributed by atoms with Gasteiger partial charge in [0, 0.05) is 36.4 Å². The second-order valence-electron chi connectivity index (χ2n) is 7.95. The van der Waals surface area contributed by atoms with Crippen molar-refractivity contribution in [2.75, 3.05) is 13.1 Å². The molecule has 27 heavy (non-hydrogen) atoms. The number of aryl methyl sites for hydroxylation is 2. The van der Waals surface area contributed by atoms with Crippen molar-refractivity contribution in [2.24, 2.45) is 5.92 Å². The summed E-state index contributed by atoms with van der Waals surface area (Å²) in [6, 6.07) is 11.0. The van der Waals surface area contributed by atoms with Crippen molar-refractivity contribution >= 4 is 11.0 Å². The number of piperidine rings is 1. The van der Waals surface area contributed by atoms with Gasteiger partial charge < -0.3 is 0 Å². The van der Waals surface area contributed by atoms with Crippen LogP contribution in [0.5, 0.6) is 0 Å². The highest BCUT2D eigenvalue weighted by molar-refractivity contribution is 5.74. The summed E-state index contributed by atoms with van der Waals surface area (Å²) in [5, 5.41) is 0. The molecular formula is C23H28N4. The summed E-state index contributed by atoms with van der Waals surface area (Å²) in [6.45, 7) is 8.78. The lowest BCUT2D eigenvalue weighted by Gasteiger charge is -2.37. The molecule has 1 aliphatic rings. The predicted octanol–water partition coefficient (Wildman–Crippen LogP) is 4.66. The van der Waals surface area contributed by atoms with Crippen LogP contribution in [0.3, 0.4) is 0 Å². The van der Waals surface area contributed by atoms with E-state index in [1.807, 2.05) is 24.5 Å². The summed E-state index contributed by atoms with van der Waals surface area (Å²) in [4.78, 5) is 16.2. The van der Waals surface area contributed by atoms with Gasteiger partial charge in [-0.3, -0.25) is 19.9 Å². The Bertz CT molecular complexity index is 916. The number of hydrogen-bond donors (Lipinski definition) is 0. The van der Waals surface area contributed by atoms with Gasteiger partial charge >= 0.3 is 0 Å². The molecule has 3 aromatic heterocycles. The Morgan fingerprint density at radius 2 is 1.93 bits per heavy atom. The van der Waals surface area contributed by atoms with Crippen LogP contribution in [0.15, 0.2) is 42.7 Å². The molecule has 3 aromatic rings. The second-order valence-corrected chi connectivity index (χ2v) is 7.95. The van der Waals surface area contributed by atoms with Crippen LogP contribution >= 0.6 is 0 Å². The molecule has 0 amide bonds. The molecule has 140 valence electrons. The first-order valence-corrected chi connectivity index (χ1v) is 9.97. The van der Waals surface area contributed by atoms with Crippen molar-refractivity contribution in [3.8, 4) is 0 Å². The zero-order valence-corrected chi connectivity index (χ0v) is 16.5. The monoisotopic (exact) mass is 360 g/mol. The van der Waals surface area contributed by atoms with Crippen molar-refractivity contribution in [3.05, 3.63) is 65.2 Å². The highest BCUT2D eigenvalue weighted by Gasteiger charge is 2.25. The molecule has 1 saturated heterocycles. The number of pyridine rings is 3. The summed E-state index contributed by atoms with van der Waals surface area (Å²) in [6.07, 6.45) is 7.57. The number of fused-ring (bicyclic) bond motifs is 1. The van der Waals surface area contributed by atoms with Crippen molar-refractivity contribution in [2.45, 2.75) is 46.1 Å². The van der Waals surface area contributed by atoms with Crippen LogP contribution < -0.4 is 0 Å². The lowest BCUT2D eigenvalue weighted by atomic mass is 9.90. The van der Waals surface area contributed by atoms with Crippen LogP contribution in [-0.2, 0) is 6.42 Å². The van der Waals surface area contributed by atoms with E-state index in [1.165, 1.54) is 24.0 Å². The van der Waals surface area contributed by atoms with E-state index in [2.05, 4.69) is 58.8 Å². The van der Waals surface area contributed by atoms with E-state index in [-0.39, 0.29) is 0 Å². The minimum Gasteiger partial charge on any atom is -0.296 e. The van der Waals surface area contributed by atoms with Gasteiger partial charge in [-0.05, 0) is 94.0 Å². The van der Waals surface area contributed by atoms with E-state index in [0.29, 0.717) is 12.0 Å². The van der Waals surface area contributed by atoms with E-state index < -0.39 is 0 Å². The number of nitrogens with zero attached hydrogens (tertiary/aromatic N) is 4. The van der Waals surface area contributed by atoms with E-state index in [0.717, 1.165) is 41.9 Å². The van der Waals surface area contributed by atoms with Crippen molar-refractivity contribution in [1.82, 2.24) is 19.9 Å². The minimum absolute atomic E-state index is 0.368. The largest absolute Gasteiger partial charge is 0.296 e. The van der Waals surface area contributed by atoms with Crippen LogP contribution in [0.4, 0.5) is 0 Å². The van der Waals surface area contributed by atoms with Crippen LogP contribution in [0.1, 0.15) is 48.3 Å². The molecule has 0 aliphatic carbocycles. The molecule has 0 saturated carbocycles. The average Bonchev–Trinajstić information content (AvgIpc) is 2.66. The third-order valence-electron chi connectivity index (χ3n) is 5.72. The molecule has 0 spiro atoms. The zero-order valence-electron chi connectivity index (χ0n) is 16.5. The van der Waals surface area contributed by atoms with Crippen molar-refractivity contribution < 1.29 is 0 Å². The van der Waals surface area contributed by atoms with Crippen molar-refractivity contribution in [1.29, 1.82) is 0 Å². The van der Waals surface area contributed by atoms with E-state index in [1.54, 1.807) is 0 Å². The minimum atomic E-state index is 0.368. The first kappa shape index (κ1) is 18.1. The number of rotatable bonds is 4. The number of aromatic nitrogens is 3. The van der Waals surface area contributed by atoms with Crippen LogP contribution in [-0.4, -0.2) is 32.9 Å². The average molecular weight is 361 g/mol. The van der Waals surface area contributed by atoms with Crippen LogP contribution in [0.25, 0.3) is 11.0 Å². The molecule has 4 heteroatoms. The summed E-state index contributed by atoms with van der Waals surface area (Å²) < 4.78 is 0. The van der Waals surface area contributed by atoms with Gasteiger partial charge in [-0.2, -0.15) is 0 Å². The van der Waals surface area contributed by atoms with Gasteiger partial charge in [0.2, 0.25) is 0 Å². The second kappa shape index (κ2) is 7.73. The molecule has 4 heterocycles. The van der Waals surface area contributed by atoms with Crippen molar-refractivity contribution in [3.63, 3.8) is 0 Å². The molecular weight excluding hydrogens is 332 g/mol. The maximum Gasteiger partial charge on any atom is 0.0890 e. The van der Waals surface area contributed by atoms with Gasteiger partial charge in [-0.1, -0.05) is 0 Å². The molecule has 2 atom stereocenters. The maximum absolute atomic E-state index is 4.61. The SMILES string of the molecule is Cc1cc(CC2CCCN([C@@H](C)c3cnc4cccnc4c3)C2)cc(C)n1. The van der Waals surface area contributed by atoms with Gasteiger partial charge in [0.25, 0.3) is 0 Å². The Morgan fingerprint density at radius 3 is 2.74 bits per heavy atom. The third kappa shape index (κ3) is 4.16. The summed E-state index contributed by atoms with van der Waals surface area (Å²) in [5.74, 6) is 0.703. The Kier molecular flexibility index (Phi) is 5.17. The fraction of sp³-hybridized carbons (Fsp3) is 0.435. The lowest BCUT2D eigenvalue weighted by molar-refractivity contribution is 0.131. The molecule has 4 nitrogen and oxygen atoms in total. The molecule has 0 radical (unpaired) electrons. The topological polar surface area (TPSA) is 41.9 Å². The quantitative estimate of drug-likeness (QED) is 0.679. The molecule has 0 bridgehead atoms. The number of likely N-dealkylation sites (tertiary alicyclic amines) is 1. The summed E-state index contributed by atoms with van der Waals surface area (Å²) >= 11 is 0. The third-order valence-corrected chi connectivity index (χ3v) is 5.72. The normalized spacial score (nSPS) is 19.3. The predicted molar refractivity (Wildman–Crippen MR) is 110 cm³/mol. The Hall–Kier alpha value is -2.33. The fourth-order valence-electron chi connectivity index (χ4n) is 4.40. The van der Waals surface area contributed by atoms with E-state index in [9.17, 15) is 0 Å². The standard InChI is InChI=1S/C23H28N4/c1-16-10-20(11-17(2)26-16)12-19-6-5-9-27(15-19)18(3)21-13-23-22(25-14-21)7-4-8-24-23/h4,7-8,10-11,13-14,18-19H,5-6,9,12,15H2,1-3H3/t18-,19?/m0/s1. The maximum atomic E-state index is 4.61. The van der Waals surface area contributed by atoms with Crippen LogP contribution in [0.2, 0.25) is 0 Å². The Labute approximate surface area is 161 Å². The first-order valence-electron chi connectivity index (χ1n) is 9.97. The molecule has 1 aliphatic heterocycles. The first-order chi connectivity index (χ1) is 13.1. The van der Waals surface area contributed by atoms with Crippen LogP contribution in [0, 0.1) is 19.8 Å². The fourth-order valence-corrected chi connectivity index (χ4v) is 4.40. The highest BCUT2D eigenvalue weighted by atomic mass is 15.2. The van der Waals surface area contributed by atoms with Gasteiger partial charge in [0.05, 0.1) is 11.0 Å². The highest BCUT2D eigenvalue weighted by Crippen LogP contribution is 2.29. The van der Waals surface area contributed by atoms with Gasteiger partial charge in [-0.25, -0.2) is 0 Å². The molecule has 0 N–H and O–H groups in total. The lowest BCUT2D eigenvalue weighted by Crippen LogP contribution is -2.38.